The Morgan fingerprint density at radius 1 is 1.00 bits per heavy atom. The Hall–Kier alpha value is -3.36. The Bertz CT molecular complexity index is 1050. The molecule has 3 aromatic rings. The third kappa shape index (κ3) is 4.39. The summed E-state index contributed by atoms with van der Waals surface area (Å²) in [6.45, 7) is 0.804. The summed E-state index contributed by atoms with van der Waals surface area (Å²) in [5.41, 5.74) is 2.00. The lowest BCUT2D eigenvalue weighted by Crippen LogP contribution is -2.34. The van der Waals surface area contributed by atoms with Crippen molar-refractivity contribution in [3.8, 4) is 22.8 Å². The first-order chi connectivity index (χ1) is 14.1. The molecule has 1 aromatic heterocycles. The molecule has 0 aliphatic carbocycles. The van der Waals surface area contributed by atoms with E-state index in [4.69, 9.17) is 31.2 Å². The van der Waals surface area contributed by atoms with E-state index in [2.05, 4.69) is 10.6 Å². The average Bonchev–Trinajstić information content (AvgIpc) is 3.23. The first-order valence-electron chi connectivity index (χ1n) is 8.94. The van der Waals surface area contributed by atoms with Gasteiger partial charge in [0, 0.05) is 16.8 Å². The highest BCUT2D eigenvalue weighted by Gasteiger charge is 2.15. The minimum absolute atomic E-state index is 0.142. The maximum atomic E-state index is 12.4. The maximum absolute atomic E-state index is 12.4. The predicted octanol–water partition coefficient (Wildman–Crippen LogP) is 3.34. The number of aliphatic hydroxyl groups excluding tert-OH is 1. The number of amides is 1. The van der Waals surface area contributed by atoms with Gasteiger partial charge in [0.2, 0.25) is 0 Å². The number of aliphatic hydroxyl groups is 1. The molecular weight excluding hydrogens is 392 g/mol. The van der Waals surface area contributed by atoms with E-state index in [9.17, 15) is 4.79 Å². The van der Waals surface area contributed by atoms with Crippen molar-refractivity contribution in [2.45, 2.75) is 6.61 Å². The summed E-state index contributed by atoms with van der Waals surface area (Å²) in [7, 11) is 0. The van der Waals surface area contributed by atoms with Crippen molar-refractivity contribution in [3.63, 3.8) is 0 Å². The molecule has 4 rings (SSSR count). The van der Waals surface area contributed by atoms with Crippen LogP contribution in [-0.4, -0.2) is 29.3 Å². The SMILES string of the molecule is O=C(NC(=S)Nc1ccc(-c2ccc(CO)o2)cc1)c1ccc2c(c1)OCCO2. The van der Waals surface area contributed by atoms with Gasteiger partial charge in [-0.25, -0.2) is 0 Å². The number of fused-ring (bicyclic) bond motifs is 1. The molecule has 1 aliphatic rings. The average molecular weight is 410 g/mol. The number of ether oxygens (including phenoxy) is 2. The summed E-state index contributed by atoms with van der Waals surface area (Å²) < 4.78 is 16.5. The van der Waals surface area contributed by atoms with Crippen LogP contribution in [-0.2, 0) is 6.61 Å². The van der Waals surface area contributed by atoms with E-state index in [-0.39, 0.29) is 17.6 Å². The minimum Gasteiger partial charge on any atom is -0.486 e. The van der Waals surface area contributed by atoms with Crippen LogP contribution in [0.3, 0.4) is 0 Å². The normalized spacial score (nSPS) is 12.3. The largest absolute Gasteiger partial charge is 0.486 e. The second-order valence-electron chi connectivity index (χ2n) is 6.27. The first-order valence-corrected chi connectivity index (χ1v) is 9.35. The zero-order valence-corrected chi connectivity index (χ0v) is 16.1. The van der Waals surface area contributed by atoms with Crippen LogP contribution in [0.4, 0.5) is 5.69 Å². The van der Waals surface area contributed by atoms with Crippen molar-refractivity contribution in [2.75, 3.05) is 18.5 Å². The number of nitrogens with one attached hydrogen (secondary N) is 2. The van der Waals surface area contributed by atoms with Crippen LogP contribution in [0.2, 0.25) is 0 Å². The third-order valence-corrected chi connectivity index (χ3v) is 4.48. The topological polar surface area (TPSA) is 93.0 Å². The molecule has 8 heteroatoms. The highest BCUT2D eigenvalue weighted by atomic mass is 32.1. The summed E-state index contributed by atoms with van der Waals surface area (Å²) in [5.74, 6) is 1.99. The number of furan rings is 1. The maximum Gasteiger partial charge on any atom is 0.257 e. The number of rotatable bonds is 4. The zero-order chi connectivity index (χ0) is 20.2. The van der Waals surface area contributed by atoms with Crippen LogP contribution in [0.25, 0.3) is 11.3 Å². The number of thiocarbonyl (C=S) groups is 1. The summed E-state index contributed by atoms with van der Waals surface area (Å²) >= 11 is 5.23. The van der Waals surface area contributed by atoms with Gasteiger partial charge < -0.3 is 24.3 Å². The van der Waals surface area contributed by atoms with Crippen LogP contribution >= 0.6 is 12.2 Å². The molecule has 2 heterocycles. The fraction of sp³-hybridized carbons (Fsp3) is 0.143. The van der Waals surface area contributed by atoms with Crippen LogP contribution in [0.1, 0.15) is 16.1 Å². The minimum atomic E-state index is -0.344. The van der Waals surface area contributed by atoms with E-state index in [1.54, 1.807) is 30.3 Å². The van der Waals surface area contributed by atoms with Gasteiger partial charge in [0.15, 0.2) is 16.6 Å². The molecule has 0 saturated heterocycles. The van der Waals surface area contributed by atoms with Gasteiger partial charge >= 0.3 is 0 Å². The number of benzene rings is 2. The zero-order valence-electron chi connectivity index (χ0n) is 15.3. The predicted molar refractivity (Wildman–Crippen MR) is 111 cm³/mol. The smallest absolute Gasteiger partial charge is 0.257 e. The summed E-state index contributed by atoms with van der Waals surface area (Å²) in [4.78, 5) is 12.4. The summed E-state index contributed by atoms with van der Waals surface area (Å²) in [6, 6.07) is 15.9. The van der Waals surface area contributed by atoms with Gasteiger partial charge in [-0.2, -0.15) is 0 Å². The molecule has 3 N–H and O–H groups in total. The lowest BCUT2D eigenvalue weighted by molar-refractivity contribution is 0.0976. The van der Waals surface area contributed by atoms with Crippen molar-refractivity contribution in [2.24, 2.45) is 0 Å². The Kier molecular flexibility index (Phi) is 5.46. The second kappa shape index (κ2) is 8.34. The molecule has 0 radical (unpaired) electrons. The van der Waals surface area contributed by atoms with Crippen LogP contribution in [0, 0.1) is 0 Å². The molecule has 148 valence electrons. The van der Waals surface area contributed by atoms with E-state index in [1.807, 2.05) is 24.3 Å². The van der Waals surface area contributed by atoms with Gasteiger partial charge in [0.25, 0.3) is 5.91 Å². The Balaban J connectivity index is 1.37. The molecule has 0 unspecified atom stereocenters. The lowest BCUT2D eigenvalue weighted by Gasteiger charge is -2.18. The Labute approximate surface area is 172 Å². The molecule has 29 heavy (non-hydrogen) atoms. The van der Waals surface area contributed by atoms with Gasteiger partial charge in [-0.1, -0.05) is 0 Å². The molecular formula is C21H18N2O5S. The molecule has 0 atom stereocenters. The molecule has 0 spiro atoms. The van der Waals surface area contributed by atoms with Crippen molar-refractivity contribution in [3.05, 3.63) is 65.9 Å². The molecule has 1 amide bonds. The number of carbonyl (C=O) groups excluding carboxylic acids is 1. The number of hydrogen-bond acceptors (Lipinski definition) is 6. The van der Waals surface area contributed by atoms with Crippen LogP contribution < -0.4 is 20.1 Å². The molecule has 1 aliphatic heterocycles. The van der Waals surface area contributed by atoms with Crippen LogP contribution in [0.15, 0.2) is 59.0 Å². The van der Waals surface area contributed by atoms with E-state index in [0.29, 0.717) is 41.8 Å². The number of anilines is 1. The van der Waals surface area contributed by atoms with Crippen LogP contribution in [0.5, 0.6) is 11.5 Å². The highest BCUT2D eigenvalue weighted by Crippen LogP contribution is 2.30. The van der Waals surface area contributed by atoms with E-state index in [1.165, 1.54) is 0 Å². The van der Waals surface area contributed by atoms with Gasteiger partial charge in [0.05, 0.1) is 0 Å². The fourth-order valence-corrected chi connectivity index (χ4v) is 3.07. The van der Waals surface area contributed by atoms with Crippen molar-refractivity contribution in [1.29, 1.82) is 0 Å². The third-order valence-electron chi connectivity index (χ3n) is 4.28. The lowest BCUT2D eigenvalue weighted by atomic mass is 10.1. The summed E-state index contributed by atoms with van der Waals surface area (Å²) in [6.07, 6.45) is 0. The van der Waals surface area contributed by atoms with Crippen molar-refractivity contribution in [1.82, 2.24) is 5.32 Å². The van der Waals surface area contributed by atoms with Gasteiger partial charge in [0.1, 0.15) is 31.3 Å². The fourth-order valence-electron chi connectivity index (χ4n) is 2.86. The van der Waals surface area contributed by atoms with E-state index >= 15 is 0 Å². The molecule has 7 nitrogen and oxygen atoms in total. The monoisotopic (exact) mass is 410 g/mol. The quantitative estimate of drug-likeness (QED) is 0.568. The highest BCUT2D eigenvalue weighted by molar-refractivity contribution is 7.80. The van der Waals surface area contributed by atoms with E-state index < -0.39 is 0 Å². The Morgan fingerprint density at radius 2 is 1.76 bits per heavy atom. The van der Waals surface area contributed by atoms with Gasteiger partial charge in [-0.15, -0.1) is 0 Å². The van der Waals surface area contributed by atoms with E-state index in [0.717, 1.165) is 11.3 Å². The molecule has 0 bridgehead atoms. The number of carbonyl (C=O) groups is 1. The number of hydrogen-bond donors (Lipinski definition) is 3. The Morgan fingerprint density at radius 3 is 2.48 bits per heavy atom. The standard InChI is InChI=1S/C21H18N2O5S/c24-12-16-6-8-17(28-16)13-1-4-15(5-2-13)22-21(29)23-20(25)14-3-7-18-19(11-14)27-10-9-26-18/h1-8,11,24H,9-10,12H2,(H2,22,23,25,29). The molecule has 0 fully saturated rings. The van der Waals surface area contributed by atoms with Crippen molar-refractivity contribution >= 4 is 28.9 Å². The van der Waals surface area contributed by atoms with Gasteiger partial charge in [-0.05, 0) is 66.8 Å². The first kappa shape index (κ1) is 19.0. The second-order valence-corrected chi connectivity index (χ2v) is 6.68. The summed E-state index contributed by atoms with van der Waals surface area (Å²) in [5, 5.41) is 14.9. The molecule has 0 saturated carbocycles. The van der Waals surface area contributed by atoms with Crippen molar-refractivity contribution < 1.29 is 23.8 Å². The molecule has 2 aromatic carbocycles. The van der Waals surface area contributed by atoms with Gasteiger partial charge in [-0.3, -0.25) is 10.1 Å².